The fourth-order valence-electron chi connectivity index (χ4n) is 2.38. The van der Waals surface area contributed by atoms with Crippen molar-refractivity contribution in [2.75, 3.05) is 11.4 Å². The van der Waals surface area contributed by atoms with Gasteiger partial charge < -0.3 is 4.90 Å². The number of hydrogen-bond acceptors (Lipinski definition) is 2. The Labute approximate surface area is 91.1 Å². The summed E-state index contributed by atoms with van der Waals surface area (Å²) in [6.07, 6.45) is 0.603. The second-order valence-electron chi connectivity index (χ2n) is 4.19. The third-order valence-corrected chi connectivity index (χ3v) is 3.42. The van der Waals surface area contributed by atoms with Crippen LogP contribution in [-0.2, 0) is 0 Å². The van der Waals surface area contributed by atoms with Crippen LogP contribution >= 0.6 is 0 Å². The molecular weight excluding hydrogens is 184 g/mol. The predicted octanol–water partition coefficient (Wildman–Crippen LogP) is 2.91. The SMILES string of the molecule is CC1c2ccccc2N(CCC#N)C1C. The highest BCUT2D eigenvalue weighted by molar-refractivity contribution is 5.61. The Balaban J connectivity index is 2.30. The van der Waals surface area contributed by atoms with Crippen LogP contribution in [0.5, 0.6) is 0 Å². The maximum Gasteiger partial charge on any atom is 0.0640 e. The highest BCUT2D eigenvalue weighted by Gasteiger charge is 2.31. The molecule has 0 saturated heterocycles. The average Bonchev–Trinajstić information content (AvgIpc) is 2.51. The first-order chi connectivity index (χ1) is 7.25. The largest absolute Gasteiger partial charge is 0.367 e. The van der Waals surface area contributed by atoms with Gasteiger partial charge in [0.25, 0.3) is 0 Å². The van der Waals surface area contributed by atoms with Crippen LogP contribution in [0.2, 0.25) is 0 Å². The van der Waals surface area contributed by atoms with Crippen LogP contribution in [0.3, 0.4) is 0 Å². The number of nitrogens with zero attached hydrogens (tertiary/aromatic N) is 2. The van der Waals surface area contributed by atoms with Gasteiger partial charge in [-0.3, -0.25) is 0 Å². The van der Waals surface area contributed by atoms with Crippen LogP contribution in [0.15, 0.2) is 24.3 Å². The zero-order valence-electron chi connectivity index (χ0n) is 9.27. The summed E-state index contributed by atoms with van der Waals surface area (Å²) in [5.74, 6) is 0.569. The number of nitriles is 1. The van der Waals surface area contributed by atoms with Gasteiger partial charge >= 0.3 is 0 Å². The monoisotopic (exact) mass is 200 g/mol. The first kappa shape index (κ1) is 10.0. The molecule has 0 saturated carbocycles. The molecule has 2 rings (SSSR count). The summed E-state index contributed by atoms with van der Waals surface area (Å²) in [5.41, 5.74) is 2.73. The fraction of sp³-hybridized carbons (Fsp3) is 0.462. The average molecular weight is 200 g/mol. The van der Waals surface area contributed by atoms with E-state index in [4.69, 9.17) is 5.26 Å². The molecule has 78 valence electrons. The summed E-state index contributed by atoms with van der Waals surface area (Å²) in [7, 11) is 0. The highest BCUT2D eigenvalue weighted by atomic mass is 15.2. The van der Waals surface area contributed by atoms with Crippen molar-refractivity contribution in [2.45, 2.75) is 32.2 Å². The molecule has 2 unspecified atom stereocenters. The Kier molecular flexibility index (Phi) is 2.64. The van der Waals surface area contributed by atoms with Crippen LogP contribution in [0.1, 0.15) is 31.7 Å². The van der Waals surface area contributed by atoms with E-state index >= 15 is 0 Å². The molecule has 0 bridgehead atoms. The standard InChI is InChI=1S/C13H16N2/c1-10-11(2)15(9-5-8-14)13-7-4-3-6-12(10)13/h3-4,6-7,10-11H,5,9H2,1-2H3. The summed E-state index contributed by atoms with van der Waals surface area (Å²) < 4.78 is 0. The Morgan fingerprint density at radius 2 is 2.07 bits per heavy atom. The minimum atomic E-state index is 0.510. The van der Waals surface area contributed by atoms with Gasteiger partial charge in [0, 0.05) is 24.2 Å². The van der Waals surface area contributed by atoms with E-state index in [-0.39, 0.29) is 0 Å². The molecule has 1 heterocycles. The molecule has 2 nitrogen and oxygen atoms in total. The Morgan fingerprint density at radius 1 is 1.33 bits per heavy atom. The van der Waals surface area contributed by atoms with Crippen molar-refractivity contribution in [3.05, 3.63) is 29.8 Å². The molecule has 0 aromatic heterocycles. The molecule has 0 N–H and O–H groups in total. The van der Waals surface area contributed by atoms with Crippen molar-refractivity contribution in [3.63, 3.8) is 0 Å². The molecule has 0 aliphatic carbocycles. The third kappa shape index (κ3) is 1.59. The zero-order chi connectivity index (χ0) is 10.8. The maximum absolute atomic E-state index is 8.65. The van der Waals surface area contributed by atoms with Crippen molar-refractivity contribution in [1.29, 1.82) is 5.26 Å². The van der Waals surface area contributed by atoms with Crippen LogP contribution in [-0.4, -0.2) is 12.6 Å². The summed E-state index contributed by atoms with van der Waals surface area (Å²) in [6, 6.07) is 11.3. The summed E-state index contributed by atoms with van der Waals surface area (Å²) in [4.78, 5) is 2.35. The fourth-order valence-corrected chi connectivity index (χ4v) is 2.38. The lowest BCUT2D eigenvalue weighted by Crippen LogP contribution is -2.31. The van der Waals surface area contributed by atoms with E-state index < -0.39 is 0 Å². The Bertz CT molecular complexity index is 392. The number of hydrogen-bond donors (Lipinski definition) is 0. The molecule has 1 aromatic carbocycles. The zero-order valence-corrected chi connectivity index (χ0v) is 9.27. The number of rotatable bonds is 2. The minimum absolute atomic E-state index is 0.510. The second-order valence-corrected chi connectivity index (χ2v) is 4.19. The Hall–Kier alpha value is -1.49. The molecule has 15 heavy (non-hydrogen) atoms. The predicted molar refractivity (Wildman–Crippen MR) is 61.9 cm³/mol. The molecule has 2 heteroatoms. The van der Waals surface area contributed by atoms with Crippen LogP contribution < -0.4 is 4.90 Å². The first-order valence-electron chi connectivity index (χ1n) is 5.48. The van der Waals surface area contributed by atoms with Gasteiger partial charge in [-0.2, -0.15) is 5.26 Å². The smallest absolute Gasteiger partial charge is 0.0640 e. The lowest BCUT2D eigenvalue weighted by molar-refractivity contribution is 0.595. The first-order valence-corrected chi connectivity index (χ1v) is 5.48. The molecule has 1 aliphatic heterocycles. The van der Waals surface area contributed by atoms with E-state index in [1.54, 1.807) is 0 Å². The molecule has 1 aromatic rings. The van der Waals surface area contributed by atoms with Gasteiger partial charge in [-0.05, 0) is 18.6 Å². The molecule has 0 amide bonds. The van der Waals surface area contributed by atoms with Crippen molar-refractivity contribution in [1.82, 2.24) is 0 Å². The highest BCUT2D eigenvalue weighted by Crippen LogP contribution is 2.40. The van der Waals surface area contributed by atoms with Gasteiger partial charge in [0.05, 0.1) is 12.5 Å². The topological polar surface area (TPSA) is 27.0 Å². The number of anilines is 1. The maximum atomic E-state index is 8.65. The van der Waals surface area contributed by atoms with Gasteiger partial charge in [0.15, 0.2) is 0 Å². The van der Waals surface area contributed by atoms with Crippen LogP contribution in [0.25, 0.3) is 0 Å². The van der Waals surface area contributed by atoms with Crippen molar-refractivity contribution < 1.29 is 0 Å². The molecule has 0 radical (unpaired) electrons. The summed E-state index contributed by atoms with van der Waals surface area (Å²) in [5, 5.41) is 8.65. The number of para-hydroxylation sites is 1. The molecule has 1 aliphatic rings. The van der Waals surface area contributed by atoms with Gasteiger partial charge in [0.2, 0.25) is 0 Å². The number of fused-ring (bicyclic) bond motifs is 1. The third-order valence-electron chi connectivity index (χ3n) is 3.42. The minimum Gasteiger partial charge on any atom is -0.367 e. The summed E-state index contributed by atoms with van der Waals surface area (Å²) >= 11 is 0. The van der Waals surface area contributed by atoms with Gasteiger partial charge in [-0.1, -0.05) is 25.1 Å². The van der Waals surface area contributed by atoms with Crippen LogP contribution in [0, 0.1) is 11.3 Å². The quantitative estimate of drug-likeness (QED) is 0.734. The van der Waals surface area contributed by atoms with Gasteiger partial charge in [-0.15, -0.1) is 0 Å². The van der Waals surface area contributed by atoms with E-state index in [9.17, 15) is 0 Å². The van der Waals surface area contributed by atoms with E-state index in [2.05, 4.69) is 49.1 Å². The van der Waals surface area contributed by atoms with E-state index in [0.29, 0.717) is 18.4 Å². The van der Waals surface area contributed by atoms with Crippen molar-refractivity contribution in [3.8, 4) is 6.07 Å². The van der Waals surface area contributed by atoms with Crippen molar-refractivity contribution >= 4 is 5.69 Å². The normalized spacial score (nSPS) is 23.7. The van der Waals surface area contributed by atoms with Crippen molar-refractivity contribution in [2.24, 2.45) is 0 Å². The van der Waals surface area contributed by atoms with Gasteiger partial charge in [-0.25, -0.2) is 0 Å². The van der Waals surface area contributed by atoms with Crippen LogP contribution in [0.4, 0.5) is 5.69 Å². The van der Waals surface area contributed by atoms with Gasteiger partial charge in [0.1, 0.15) is 0 Å². The lowest BCUT2D eigenvalue weighted by Gasteiger charge is -2.25. The summed E-state index contributed by atoms with van der Waals surface area (Å²) in [6.45, 7) is 5.34. The lowest BCUT2D eigenvalue weighted by atomic mass is 9.98. The Morgan fingerprint density at radius 3 is 2.80 bits per heavy atom. The van der Waals surface area contributed by atoms with E-state index in [1.165, 1.54) is 11.3 Å². The van der Waals surface area contributed by atoms with E-state index in [1.807, 2.05) is 0 Å². The molecule has 0 spiro atoms. The molecular formula is C13H16N2. The second kappa shape index (κ2) is 3.94. The number of benzene rings is 1. The molecule has 0 fully saturated rings. The molecule has 2 atom stereocenters. The van der Waals surface area contributed by atoms with E-state index in [0.717, 1.165) is 6.54 Å².